The molecule has 2 aromatic carbocycles. The summed E-state index contributed by atoms with van der Waals surface area (Å²) in [4.78, 5) is 25.1. The zero-order chi connectivity index (χ0) is 18.6. The number of carbonyl (C=O) groups excluding carboxylic acids is 2. The van der Waals surface area contributed by atoms with Crippen molar-refractivity contribution in [3.8, 4) is 5.75 Å². The molecule has 0 saturated carbocycles. The smallest absolute Gasteiger partial charge is 0.291 e. The van der Waals surface area contributed by atoms with Crippen LogP contribution in [0.2, 0.25) is 0 Å². The summed E-state index contributed by atoms with van der Waals surface area (Å²) in [6, 6.07) is 17.6. The van der Waals surface area contributed by atoms with E-state index in [4.69, 9.17) is 9.15 Å². The summed E-state index contributed by atoms with van der Waals surface area (Å²) < 4.78 is 10.7. The summed E-state index contributed by atoms with van der Waals surface area (Å²) in [5.74, 6) is 0.306. The lowest BCUT2D eigenvalue weighted by Gasteiger charge is -2.27. The number of fused-ring (bicyclic) bond motifs is 1. The van der Waals surface area contributed by atoms with Crippen LogP contribution < -0.4 is 15.4 Å². The van der Waals surface area contributed by atoms with Crippen LogP contribution in [-0.4, -0.2) is 18.4 Å². The number of furan rings is 1. The second-order valence-corrected chi connectivity index (χ2v) is 6.18. The molecule has 0 unspecified atom stereocenters. The van der Waals surface area contributed by atoms with Crippen LogP contribution >= 0.6 is 0 Å². The molecule has 1 aromatic heterocycles. The third-order valence-electron chi connectivity index (χ3n) is 4.43. The summed E-state index contributed by atoms with van der Waals surface area (Å²) in [5.41, 5.74) is 1.77. The molecule has 1 aliphatic heterocycles. The van der Waals surface area contributed by atoms with Crippen LogP contribution in [0.4, 0.5) is 5.69 Å². The second-order valence-electron chi connectivity index (χ2n) is 6.18. The monoisotopic (exact) mass is 362 g/mol. The molecule has 0 bridgehead atoms. The fourth-order valence-corrected chi connectivity index (χ4v) is 3.11. The summed E-state index contributed by atoms with van der Waals surface area (Å²) >= 11 is 0. The number of hydrogen-bond acceptors (Lipinski definition) is 4. The van der Waals surface area contributed by atoms with E-state index in [9.17, 15) is 9.59 Å². The van der Waals surface area contributed by atoms with Gasteiger partial charge in [-0.25, -0.2) is 0 Å². The number of rotatable bonds is 4. The number of nitrogens with one attached hydrogen (secondary N) is 2. The summed E-state index contributed by atoms with van der Waals surface area (Å²) in [6.07, 6.45) is 2.11. The van der Waals surface area contributed by atoms with Gasteiger partial charge in [0.25, 0.3) is 11.8 Å². The van der Waals surface area contributed by atoms with Gasteiger partial charge in [-0.15, -0.1) is 0 Å². The predicted octanol–water partition coefficient (Wildman–Crippen LogP) is 3.79. The number of carbonyl (C=O) groups is 2. The Labute approximate surface area is 156 Å². The Hall–Kier alpha value is -3.54. The molecular weight excluding hydrogens is 344 g/mol. The van der Waals surface area contributed by atoms with Crippen molar-refractivity contribution in [1.82, 2.24) is 5.32 Å². The molecule has 0 radical (unpaired) electrons. The van der Waals surface area contributed by atoms with Gasteiger partial charge >= 0.3 is 0 Å². The van der Waals surface area contributed by atoms with Crippen molar-refractivity contribution < 1.29 is 18.7 Å². The molecule has 2 N–H and O–H groups in total. The molecule has 0 saturated heterocycles. The zero-order valence-corrected chi connectivity index (χ0v) is 14.5. The van der Waals surface area contributed by atoms with Gasteiger partial charge in [0.2, 0.25) is 0 Å². The quantitative estimate of drug-likeness (QED) is 0.740. The highest BCUT2D eigenvalue weighted by molar-refractivity contribution is 6.07. The standard InChI is InChI=1S/C21H18N2O4/c24-20(22-17-11-13-27-18-9-4-2-6-14(17)18)15-7-1-3-8-16(15)23-21(25)19-10-5-12-26-19/h1-10,12,17H,11,13H2,(H,22,24)(H,23,25)/t17-/m0/s1. The highest BCUT2D eigenvalue weighted by atomic mass is 16.5. The second kappa shape index (κ2) is 7.37. The molecule has 1 atom stereocenters. The average molecular weight is 362 g/mol. The van der Waals surface area contributed by atoms with Crippen LogP contribution in [0.15, 0.2) is 71.3 Å². The van der Waals surface area contributed by atoms with Gasteiger partial charge in [-0.1, -0.05) is 30.3 Å². The minimum atomic E-state index is -0.406. The van der Waals surface area contributed by atoms with Crippen LogP contribution in [0.5, 0.6) is 5.75 Å². The molecule has 4 rings (SSSR count). The highest BCUT2D eigenvalue weighted by Crippen LogP contribution is 2.32. The van der Waals surface area contributed by atoms with E-state index in [2.05, 4.69) is 10.6 Å². The normalized spacial score (nSPS) is 15.3. The number of hydrogen-bond donors (Lipinski definition) is 2. The first-order valence-electron chi connectivity index (χ1n) is 8.69. The van der Waals surface area contributed by atoms with E-state index in [0.29, 0.717) is 24.3 Å². The lowest BCUT2D eigenvalue weighted by molar-refractivity contribution is 0.0925. The van der Waals surface area contributed by atoms with E-state index in [0.717, 1.165) is 11.3 Å². The van der Waals surface area contributed by atoms with E-state index in [1.54, 1.807) is 36.4 Å². The maximum Gasteiger partial charge on any atom is 0.291 e. The molecule has 0 aliphatic carbocycles. The lowest BCUT2D eigenvalue weighted by atomic mass is 10.00. The van der Waals surface area contributed by atoms with Crippen LogP contribution in [0, 0.1) is 0 Å². The van der Waals surface area contributed by atoms with E-state index >= 15 is 0 Å². The highest BCUT2D eigenvalue weighted by Gasteiger charge is 2.24. The van der Waals surface area contributed by atoms with E-state index in [1.165, 1.54) is 6.26 Å². The Balaban J connectivity index is 1.54. The van der Waals surface area contributed by atoms with E-state index in [1.807, 2.05) is 24.3 Å². The number of para-hydroxylation sites is 2. The van der Waals surface area contributed by atoms with Crippen LogP contribution in [0.3, 0.4) is 0 Å². The van der Waals surface area contributed by atoms with Crippen molar-refractivity contribution >= 4 is 17.5 Å². The number of ether oxygens (including phenoxy) is 1. The molecule has 3 aromatic rings. The first-order chi connectivity index (χ1) is 13.2. The van der Waals surface area contributed by atoms with Crippen molar-refractivity contribution in [2.75, 3.05) is 11.9 Å². The Morgan fingerprint density at radius 1 is 0.926 bits per heavy atom. The molecule has 136 valence electrons. The minimum absolute atomic E-state index is 0.142. The van der Waals surface area contributed by atoms with Gasteiger partial charge in [-0.3, -0.25) is 9.59 Å². The molecule has 6 heteroatoms. The van der Waals surface area contributed by atoms with Gasteiger partial charge in [0, 0.05) is 12.0 Å². The van der Waals surface area contributed by atoms with Crippen molar-refractivity contribution in [2.45, 2.75) is 12.5 Å². The molecule has 27 heavy (non-hydrogen) atoms. The Bertz CT molecular complexity index is 966. The fraction of sp³-hybridized carbons (Fsp3) is 0.143. The summed E-state index contributed by atoms with van der Waals surface area (Å²) in [6.45, 7) is 0.541. The summed E-state index contributed by atoms with van der Waals surface area (Å²) in [5, 5.41) is 5.78. The van der Waals surface area contributed by atoms with Gasteiger partial charge in [0.1, 0.15) is 5.75 Å². The maximum absolute atomic E-state index is 12.9. The topological polar surface area (TPSA) is 80.6 Å². The SMILES string of the molecule is O=C(Nc1ccccc1C(=O)N[C@H]1CCOc2ccccc21)c1ccco1. The maximum atomic E-state index is 12.9. The Kier molecular flexibility index (Phi) is 4.61. The third-order valence-corrected chi connectivity index (χ3v) is 4.43. The molecule has 1 aliphatic rings. The van der Waals surface area contributed by atoms with E-state index < -0.39 is 5.91 Å². The lowest BCUT2D eigenvalue weighted by Crippen LogP contribution is -2.32. The first kappa shape index (κ1) is 16.9. The molecule has 0 spiro atoms. The molecular formula is C21H18N2O4. The Morgan fingerprint density at radius 3 is 2.59 bits per heavy atom. The van der Waals surface area contributed by atoms with Crippen LogP contribution in [0.25, 0.3) is 0 Å². The van der Waals surface area contributed by atoms with Crippen LogP contribution in [0.1, 0.15) is 38.9 Å². The third kappa shape index (κ3) is 3.55. The van der Waals surface area contributed by atoms with Crippen molar-refractivity contribution in [1.29, 1.82) is 0 Å². The van der Waals surface area contributed by atoms with Gasteiger partial charge in [0.15, 0.2) is 5.76 Å². The van der Waals surface area contributed by atoms with Crippen LogP contribution in [-0.2, 0) is 0 Å². The predicted molar refractivity (Wildman–Crippen MR) is 99.9 cm³/mol. The number of anilines is 1. The molecule has 2 heterocycles. The van der Waals surface area contributed by atoms with Gasteiger partial charge in [-0.2, -0.15) is 0 Å². The van der Waals surface area contributed by atoms with Gasteiger partial charge < -0.3 is 19.8 Å². The molecule has 6 nitrogen and oxygen atoms in total. The fourth-order valence-electron chi connectivity index (χ4n) is 3.11. The van der Waals surface area contributed by atoms with Crippen molar-refractivity contribution in [3.63, 3.8) is 0 Å². The molecule has 0 fully saturated rings. The number of benzene rings is 2. The van der Waals surface area contributed by atoms with Gasteiger partial charge in [-0.05, 0) is 30.3 Å². The van der Waals surface area contributed by atoms with E-state index in [-0.39, 0.29) is 17.7 Å². The molecule has 2 amide bonds. The Morgan fingerprint density at radius 2 is 1.74 bits per heavy atom. The average Bonchev–Trinajstić information content (AvgIpc) is 3.24. The zero-order valence-electron chi connectivity index (χ0n) is 14.5. The first-order valence-corrected chi connectivity index (χ1v) is 8.69. The van der Waals surface area contributed by atoms with Crippen molar-refractivity contribution in [2.24, 2.45) is 0 Å². The summed E-state index contributed by atoms with van der Waals surface area (Å²) in [7, 11) is 0. The largest absolute Gasteiger partial charge is 0.493 e. The van der Waals surface area contributed by atoms with Gasteiger partial charge in [0.05, 0.1) is 30.2 Å². The minimum Gasteiger partial charge on any atom is -0.493 e. The van der Waals surface area contributed by atoms with Crippen molar-refractivity contribution in [3.05, 3.63) is 83.8 Å². The number of amides is 2.